The van der Waals surface area contributed by atoms with E-state index in [1.165, 1.54) is 75.4 Å². The lowest BCUT2D eigenvalue weighted by atomic mass is 9.87. The fraction of sp³-hybridized carbons (Fsp3) is 0.513. The lowest BCUT2D eigenvalue weighted by Crippen LogP contribution is -2.60. The van der Waals surface area contributed by atoms with E-state index < -0.39 is 46.4 Å². The van der Waals surface area contributed by atoms with Crippen LogP contribution in [0.4, 0.5) is 28.0 Å². The predicted molar refractivity (Wildman–Crippen MR) is 185 cm³/mol. The van der Waals surface area contributed by atoms with Crippen molar-refractivity contribution in [1.82, 2.24) is 14.7 Å². The molecule has 1 atom stereocenters. The van der Waals surface area contributed by atoms with E-state index in [1.54, 1.807) is 24.0 Å². The number of nitrogens with zero attached hydrogens (tertiary/aromatic N) is 4. The molecule has 0 unspecified atom stereocenters. The number of imide groups is 1. The van der Waals surface area contributed by atoms with Crippen LogP contribution in [0.1, 0.15) is 115 Å². The minimum atomic E-state index is -1.21. The summed E-state index contributed by atoms with van der Waals surface area (Å²) in [6.07, 6.45) is 15.3. The van der Waals surface area contributed by atoms with Crippen molar-refractivity contribution in [3.63, 3.8) is 0 Å². The van der Waals surface area contributed by atoms with Crippen LogP contribution < -0.4 is 4.90 Å². The number of rotatable bonds is 15. The Kier molecular flexibility index (Phi) is 13.3. The molecule has 4 rings (SSSR count). The molecule has 0 bridgehead atoms. The minimum Gasteiger partial charge on any atom is -0.359 e. The van der Waals surface area contributed by atoms with Gasteiger partial charge in [-0.1, -0.05) is 90.0 Å². The first kappa shape index (κ1) is 38.6. The maximum absolute atomic E-state index is 15.3. The molecule has 1 aliphatic heterocycles. The van der Waals surface area contributed by atoms with Gasteiger partial charge in [-0.25, -0.2) is 31.9 Å². The van der Waals surface area contributed by atoms with Gasteiger partial charge in [-0.05, 0) is 49.4 Å². The molecule has 2 heterocycles. The van der Waals surface area contributed by atoms with Gasteiger partial charge in [-0.3, -0.25) is 4.79 Å². The average Bonchev–Trinajstić information content (AvgIpc) is 3.53. The number of carbonyl (C=O) groups excluding carboxylic acids is 2. The van der Waals surface area contributed by atoms with Gasteiger partial charge >= 0.3 is 6.03 Å². The van der Waals surface area contributed by atoms with Crippen LogP contribution in [0.5, 0.6) is 0 Å². The van der Waals surface area contributed by atoms with E-state index in [1.807, 2.05) is 0 Å². The van der Waals surface area contributed by atoms with E-state index in [0.29, 0.717) is 22.5 Å². The van der Waals surface area contributed by atoms with Crippen molar-refractivity contribution < 1.29 is 31.9 Å². The Hall–Kier alpha value is -4.17. The van der Waals surface area contributed by atoms with E-state index in [0.717, 1.165) is 31.0 Å². The highest BCUT2D eigenvalue weighted by Gasteiger charge is 2.48. The molecule has 1 saturated heterocycles. The molecule has 1 fully saturated rings. The van der Waals surface area contributed by atoms with E-state index in [-0.39, 0.29) is 24.3 Å². The van der Waals surface area contributed by atoms with Crippen LogP contribution in [-0.2, 0) is 21.8 Å². The molecular formula is C39H48F4N4O3. The summed E-state index contributed by atoms with van der Waals surface area (Å²) in [5.41, 5.74) is -1.46. The van der Waals surface area contributed by atoms with Gasteiger partial charge in [0.25, 0.3) is 0 Å². The van der Waals surface area contributed by atoms with Crippen molar-refractivity contribution >= 4 is 17.6 Å². The van der Waals surface area contributed by atoms with Crippen molar-refractivity contribution in [2.75, 3.05) is 18.6 Å². The van der Waals surface area contributed by atoms with E-state index in [2.05, 4.69) is 37.7 Å². The Morgan fingerprint density at radius 2 is 1.50 bits per heavy atom. The third-order valence-electron chi connectivity index (χ3n) is 9.19. The Bertz CT molecular complexity index is 1680. The molecule has 270 valence electrons. The summed E-state index contributed by atoms with van der Waals surface area (Å²) in [7, 11) is 1.45. The van der Waals surface area contributed by atoms with E-state index in [9.17, 15) is 18.4 Å². The zero-order valence-corrected chi connectivity index (χ0v) is 29.8. The first-order valence-electron chi connectivity index (χ1n) is 17.4. The summed E-state index contributed by atoms with van der Waals surface area (Å²) in [4.78, 5) is 28.5. The smallest absolute Gasteiger partial charge is 0.332 e. The zero-order valence-electron chi connectivity index (χ0n) is 29.8. The van der Waals surface area contributed by atoms with Crippen LogP contribution in [0.25, 0.3) is 0 Å². The molecule has 1 aliphatic rings. The second-order valence-corrected chi connectivity index (χ2v) is 14.5. The number of hydrogen-bond donors (Lipinski definition) is 0. The normalized spacial score (nSPS) is 16.6. The number of aromatic nitrogens is 2. The molecule has 7 nitrogen and oxygen atoms in total. The van der Waals surface area contributed by atoms with Gasteiger partial charge < -0.3 is 9.64 Å². The van der Waals surface area contributed by atoms with Crippen molar-refractivity contribution in [2.45, 2.75) is 111 Å². The average molecular weight is 697 g/mol. The Labute approximate surface area is 293 Å². The summed E-state index contributed by atoms with van der Waals surface area (Å²) in [6.45, 7) is 9.37. The van der Waals surface area contributed by atoms with Crippen LogP contribution in [0, 0.1) is 40.5 Å². The largest absolute Gasteiger partial charge is 0.359 e. The van der Waals surface area contributed by atoms with Gasteiger partial charge in [0.2, 0.25) is 5.91 Å². The molecule has 0 spiro atoms. The van der Waals surface area contributed by atoms with Gasteiger partial charge in [0.15, 0.2) is 23.3 Å². The number of halogens is 4. The quantitative estimate of drug-likeness (QED) is 0.0902. The third kappa shape index (κ3) is 9.96. The maximum Gasteiger partial charge on any atom is 0.332 e. The zero-order chi connectivity index (χ0) is 36.5. The highest BCUT2D eigenvalue weighted by molar-refractivity contribution is 6.16. The number of carbonyl (C=O) groups is 2. The van der Waals surface area contributed by atoms with Gasteiger partial charge in [0, 0.05) is 31.0 Å². The van der Waals surface area contributed by atoms with Gasteiger partial charge in [0.05, 0.1) is 23.7 Å². The SMILES string of the molecule is CN1C(=O)N(c2c(F)cc(C#Cc3cccc(F)c3F)cc2F)C(=O)C[C@@]1(C)c1cnn(COCCCCCCCCCCCC(C)(C)C)c1. The lowest BCUT2D eigenvalue weighted by Gasteiger charge is -2.45. The summed E-state index contributed by atoms with van der Waals surface area (Å²) < 4.78 is 65.3. The molecule has 50 heavy (non-hydrogen) atoms. The number of anilines is 1. The molecule has 0 radical (unpaired) electrons. The predicted octanol–water partition coefficient (Wildman–Crippen LogP) is 9.46. The fourth-order valence-electron chi connectivity index (χ4n) is 6.03. The standard InChI is InChI=1S/C39H48F4N4O3/c1-38(2,3)20-13-11-9-7-6-8-10-12-14-21-50-27-46-26-30(25-44-46)39(4)24-34(48)47(37(49)45(39)5)36-32(41)22-28(23-33(36)42)18-19-29-16-15-17-31(40)35(29)43/h15-17,22-23,25-26H,6-14,20-21,24,27H2,1-5H3/t39-/m0/s1. The van der Waals surface area contributed by atoms with Crippen LogP contribution >= 0.6 is 0 Å². The number of unbranched alkanes of at least 4 members (excludes halogenated alkanes) is 8. The Morgan fingerprint density at radius 1 is 0.880 bits per heavy atom. The summed E-state index contributed by atoms with van der Waals surface area (Å²) >= 11 is 0. The molecule has 1 aromatic heterocycles. The molecule has 2 aromatic carbocycles. The minimum absolute atomic E-state index is 0.190. The van der Waals surface area contributed by atoms with Crippen molar-refractivity contribution in [3.8, 4) is 11.8 Å². The number of amides is 3. The highest BCUT2D eigenvalue weighted by atomic mass is 19.2. The first-order valence-corrected chi connectivity index (χ1v) is 17.4. The van der Waals surface area contributed by atoms with Crippen LogP contribution in [0.3, 0.4) is 0 Å². The number of benzene rings is 2. The monoisotopic (exact) mass is 696 g/mol. The molecule has 0 N–H and O–H groups in total. The molecular weight excluding hydrogens is 648 g/mol. The molecule has 0 aliphatic carbocycles. The Morgan fingerprint density at radius 3 is 2.14 bits per heavy atom. The van der Waals surface area contributed by atoms with E-state index >= 15 is 8.78 Å². The van der Waals surface area contributed by atoms with Crippen molar-refractivity contribution in [1.29, 1.82) is 0 Å². The van der Waals surface area contributed by atoms with Crippen molar-refractivity contribution in [3.05, 3.63) is 82.7 Å². The second kappa shape index (κ2) is 17.2. The number of urea groups is 1. The van der Waals surface area contributed by atoms with Crippen molar-refractivity contribution in [2.24, 2.45) is 5.41 Å². The Balaban J connectivity index is 1.26. The molecule has 11 heteroatoms. The molecule has 3 aromatic rings. The highest BCUT2D eigenvalue weighted by Crippen LogP contribution is 2.39. The van der Waals surface area contributed by atoms with Crippen LogP contribution in [-0.4, -0.2) is 40.3 Å². The fourth-order valence-corrected chi connectivity index (χ4v) is 6.03. The van der Waals surface area contributed by atoms with Gasteiger partial charge in [-0.15, -0.1) is 0 Å². The van der Waals surface area contributed by atoms with Gasteiger partial charge in [-0.2, -0.15) is 5.10 Å². The number of hydrogen-bond acceptors (Lipinski definition) is 4. The third-order valence-corrected chi connectivity index (χ3v) is 9.19. The summed E-state index contributed by atoms with van der Waals surface area (Å²) in [6, 6.07) is 4.14. The second-order valence-electron chi connectivity index (χ2n) is 14.5. The lowest BCUT2D eigenvalue weighted by molar-refractivity contribution is -0.122. The topological polar surface area (TPSA) is 67.7 Å². The van der Waals surface area contributed by atoms with Crippen LogP contribution in [0.15, 0.2) is 42.7 Å². The maximum atomic E-state index is 15.3. The number of ether oxygens (including phenoxy) is 1. The van der Waals surface area contributed by atoms with E-state index in [4.69, 9.17) is 4.74 Å². The van der Waals surface area contributed by atoms with Gasteiger partial charge in [0.1, 0.15) is 12.4 Å². The summed E-state index contributed by atoms with van der Waals surface area (Å²) in [5, 5.41) is 4.34. The van der Waals surface area contributed by atoms with Crippen LogP contribution in [0.2, 0.25) is 0 Å². The first-order chi connectivity index (χ1) is 23.7. The summed E-state index contributed by atoms with van der Waals surface area (Å²) in [5.74, 6) is -0.776. The molecule has 3 amide bonds. The molecule has 0 saturated carbocycles.